The number of aliphatic hydroxyl groups is 1. The van der Waals surface area contributed by atoms with Crippen molar-refractivity contribution in [2.45, 2.75) is 69.9 Å². The largest absolute Gasteiger partial charge is 0.395 e. The lowest BCUT2D eigenvalue weighted by atomic mass is 10.0. The first-order chi connectivity index (χ1) is 17.7. The zero-order valence-corrected chi connectivity index (χ0v) is 22.9. The predicted octanol–water partition coefficient (Wildman–Crippen LogP) is 3.36. The van der Waals surface area contributed by atoms with Crippen LogP contribution in [0, 0.1) is 5.92 Å². The van der Waals surface area contributed by atoms with Crippen molar-refractivity contribution in [3.05, 3.63) is 30.5 Å². The summed E-state index contributed by atoms with van der Waals surface area (Å²) >= 11 is 0. The number of sulfonamides is 1. The van der Waals surface area contributed by atoms with Crippen molar-refractivity contribution in [2.75, 3.05) is 41.9 Å². The van der Waals surface area contributed by atoms with E-state index in [9.17, 15) is 18.3 Å². The topological polar surface area (TPSA) is 119 Å². The third-order valence-electron chi connectivity index (χ3n) is 7.08. The van der Waals surface area contributed by atoms with Crippen molar-refractivity contribution in [1.29, 1.82) is 0 Å². The fourth-order valence-corrected chi connectivity index (χ4v) is 6.85. The maximum atomic E-state index is 13.1. The monoisotopic (exact) mass is 530 g/mol. The number of rotatable bonds is 10. The Morgan fingerprint density at radius 3 is 2.46 bits per heavy atom. The number of carbonyl (C=O) groups excluding carboxylic acids is 1. The molecule has 0 radical (unpaired) electrons. The van der Waals surface area contributed by atoms with E-state index in [0.29, 0.717) is 30.3 Å². The highest BCUT2D eigenvalue weighted by molar-refractivity contribution is 7.89. The van der Waals surface area contributed by atoms with Crippen LogP contribution in [0.3, 0.4) is 0 Å². The maximum absolute atomic E-state index is 13.1. The molecule has 0 spiro atoms. The molecule has 1 aliphatic carbocycles. The number of likely N-dealkylation sites (N-methyl/N-ethyl adjacent to an activating group) is 1. The highest BCUT2D eigenvalue weighted by Crippen LogP contribution is 2.40. The molecule has 2 N–H and O–H groups in total. The van der Waals surface area contributed by atoms with Gasteiger partial charge in [-0.2, -0.15) is 9.29 Å². The fourth-order valence-electron chi connectivity index (χ4n) is 5.26. The van der Waals surface area contributed by atoms with E-state index >= 15 is 0 Å². The molecule has 2 aliphatic rings. The van der Waals surface area contributed by atoms with E-state index in [1.54, 1.807) is 42.4 Å². The molecule has 11 heteroatoms. The number of aliphatic hydroxyl groups excluding tert-OH is 1. The number of nitrogens with one attached hydrogen (secondary N) is 1. The summed E-state index contributed by atoms with van der Waals surface area (Å²) in [7, 11) is -1.96. The molecule has 1 aromatic carbocycles. The summed E-state index contributed by atoms with van der Waals surface area (Å²) in [5.41, 5.74) is 1.35. The van der Waals surface area contributed by atoms with Crippen LogP contribution in [0.2, 0.25) is 0 Å². The van der Waals surface area contributed by atoms with Crippen molar-refractivity contribution in [3.63, 3.8) is 0 Å². The number of anilines is 4. The van der Waals surface area contributed by atoms with Gasteiger partial charge in [-0.25, -0.2) is 13.4 Å². The molecule has 2 aromatic rings. The summed E-state index contributed by atoms with van der Waals surface area (Å²) in [6.07, 6.45) is 6.75. The molecule has 1 aromatic heterocycles. The Morgan fingerprint density at radius 2 is 1.86 bits per heavy atom. The Kier molecular flexibility index (Phi) is 8.35. The minimum atomic E-state index is -3.73. The first kappa shape index (κ1) is 27.3. The Balaban J connectivity index is 1.59. The zero-order chi connectivity index (χ0) is 26.7. The van der Waals surface area contributed by atoms with Crippen LogP contribution in [0.25, 0.3) is 0 Å². The van der Waals surface area contributed by atoms with Crippen molar-refractivity contribution in [1.82, 2.24) is 14.3 Å². The molecule has 1 fully saturated rings. The van der Waals surface area contributed by atoms with E-state index in [1.165, 1.54) is 4.31 Å². The van der Waals surface area contributed by atoms with E-state index < -0.39 is 10.0 Å². The molecule has 1 aliphatic heterocycles. The lowest BCUT2D eigenvalue weighted by Gasteiger charge is -2.43. The van der Waals surface area contributed by atoms with Gasteiger partial charge < -0.3 is 20.2 Å². The lowest BCUT2D eigenvalue weighted by molar-refractivity contribution is -0.120. The van der Waals surface area contributed by atoms with Crippen LogP contribution in [0.1, 0.15) is 52.9 Å². The van der Waals surface area contributed by atoms with Crippen molar-refractivity contribution in [3.8, 4) is 0 Å². The van der Waals surface area contributed by atoms with Gasteiger partial charge in [0.25, 0.3) is 0 Å². The third kappa shape index (κ3) is 5.58. The van der Waals surface area contributed by atoms with Gasteiger partial charge >= 0.3 is 0 Å². The number of nitrogens with zero attached hydrogens (tertiary/aromatic N) is 5. The molecule has 0 bridgehead atoms. The van der Waals surface area contributed by atoms with Crippen LogP contribution in [0.15, 0.2) is 35.4 Å². The van der Waals surface area contributed by atoms with Gasteiger partial charge in [-0.3, -0.25) is 4.79 Å². The van der Waals surface area contributed by atoms with Gasteiger partial charge in [-0.05, 0) is 49.4 Å². The molecule has 0 unspecified atom stereocenters. The molecule has 37 heavy (non-hydrogen) atoms. The minimum absolute atomic E-state index is 0.0523. The molecule has 10 nitrogen and oxygen atoms in total. The van der Waals surface area contributed by atoms with Gasteiger partial charge in [-0.1, -0.05) is 33.6 Å². The number of carbonyl (C=O) groups is 1. The Labute approximate surface area is 219 Å². The maximum Gasteiger partial charge on any atom is 0.249 e. The Hall–Kier alpha value is -2.76. The lowest BCUT2D eigenvalue weighted by Crippen LogP contribution is -2.55. The van der Waals surface area contributed by atoms with Gasteiger partial charge in [0, 0.05) is 31.9 Å². The predicted molar refractivity (Wildman–Crippen MR) is 145 cm³/mol. The molecule has 202 valence electrons. The summed E-state index contributed by atoms with van der Waals surface area (Å²) in [6.45, 7) is 6.06. The SMILES string of the molecule is CC[C@@H]1C(=O)N(C)c2cnc(Nc3ccc(S(=O)(=O)N(CCO)CC(C)C)cc3)nc2N1C1CCCC1. The number of hydrogen-bond acceptors (Lipinski definition) is 8. The zero-order valence-electron chi connectivity index (χ0n) is 22.1. The molecule has 1 amide bonds. The van der Waals surface area contributed by atoms with Gasteiger partial charge in [0.05, 0.1) is 17.7 Å². The Bertz CT molecular complexity index is 1200. The Morgan fingerprint density at radius 1 is 1.19 bits per heavy atom. The normalized spacial score (nSPS) is 18.7. The molecule has 1 atom stereocenters. The highest BCUT2D eigenvalue weighted by atomic mass is 32.2. The van der Waals surface area contributed by atoms with Gasteiger partial charge in [0.2, 0.25) is 21.9 Å². The first-order valence-corrected chi connectivity index (χ1v) is 14.5. The smallest absolute Gasteiger partial charge is 0.249 e. The quantitative estimate of drug-likeness (QED) is 0.480. The minimum Gasteiger partial charge on any atom is -0.395 e. The average molecular weight is 531 g/mol. The van der Waals surface area contributed by atoms with Crippen molar-refractivity contribution < 1.29 is 18.3 Å². The average Bonchev–Trinajstić information content (AvgIpc) is 3.40. The van der Waals surface area contributed by atoms with Crippen molar-refractivity contribution in [2.24, 2.45) is 5.92 Å². The number of hydrogen-bond donors (Lipinski definition) is 2. The van der Waals surface area contributed by atoms with Crippen LogP contribution in [0.4, 0.5) is 23.1 Å². The standard InChI is InChI=1S/C26H38N6O4S/c1-5-22-25(34)30(4)23-16-27-26(29-24(23)32(22)20-8-6-7-9-20)28-19-10-12-21(13-11-19)37(35,36)31(14-15-33)17-18(2)3/h10-13,16,18,20,22,33H,5-9,14-15,17H2,1-4H3,(H,27,28,29)/t22-/m1/s1. The summed E-state index contributed by atoms with van der Waals surface area (Å²) < 4.78 is 27.5. The number of aromatic nitrogens is 2. The molecular weight excluding hydrogens is 492 g/mol. The van der Waals surface area contributed by atoms with Gasteiger partial charge in [-0.15, -0.1) is 0 Å². The molecule has 0 saturated heterocycles. The van der Waals surface area contributed by atoms with Crippen molar-refractivity contribution >= 4 is 39.1 Å². The molecular formula is C26H38N6O4S. The van der Waals surface area contributed by atoms with Crippen LogP contribution >= 0.6 is 0 Å². The third-order valence-corrected chi connectivity index (χ3v) is 8.96. The van der Waals surface area contributed by atoms with E-state index in [2.05, 4.69) is 15.2 Å². The molecule has 2 heterocycles. The number of benzene rings is 1. The summed E-state index contributed by atoms with van der Waals surface area (Å²) in [5.74, 6) is 1.34. The van der Waals surface area contributed by atoms with E-state index in [0.717, 1.165) is 31.5 Å². The van der Waals surface area contributed by atoms with Crippen LogP contribution < -0.4 is 15.1 Å². The first-order valence-electron chi connectivity index (χ1n) is 13.1. The van der Waals surface area contributed by atoms with Crippen LogP contribution in [0.5, 0.6) is 0 Å². The highest BCUT2D eigenvalue weighted by Gasteiger charge is 2.41. The van der Waals surface area contributed by atoms with E-state index in [4.69, 9.17) is 4.98 Å². The second-order valence-corrected chi connectivity index (χ2v) is 12.1. The van der Waals surface area contributed by atoms with Gasteiger partial charge in [0.1, 0.15) is 11.7 Å². The van der Waals surface area contributed by atoms with E-state index in [-0.39, 0.29) is 42.0 Å². The molecule has 4 rings (SSSR count). The summed E-state index contributed by atoms with van der Waals surface area (Å²) in [5, 5.41) is 12.5. The summed E-state index contributed by atoms with van der Waals surface area (Å²) in [6, 6.07) is 6.49. The second-order valence-electron chi connectivity index (χ2n) is 10.2. The van der Waals surface area contributed by atoms with Gasteiger partial charge in [0.15, 0.2) is 5.82 Å². The number of fused-ring (bicyclic) bond motifs is 1. The van der Waals surface area contributed by atoms with Crippen LogP contribution in [-0.4, -0.2) is 72.5 Å². The number of amides is 1. The molecule has 1 saturated carbocycles. The fraction of sp³-hybridized carbons (Fsp3) is 0.577. The summed E-state index contributed by atoms with van der Waals surface area (Å²) in [4.78, 5) is 26.3. The van der Waals surface area contributed by atoms with E-state index in [1.807, 2.05) is 20.8 Å². The second kappa shape index (κ2) is 11.3. The van der Waals surface area contributed by atoms with Crippen LogP contribution in [-0.2, 0) is 14.8 Å².